The zero-order valence-electron chi connectivity index (χ0n) is 11.8. The van der Waals surface area contributed by atoms with Crippen LogP contribution in [0.4, 0.5) is 5.69 Å². The Hall–Kier alpha value is -1.25. The van der Waals surface area contributed by atoms with E-state index in [-0.39, 0.29) is 27.4 Å². The molecule has 1 aliphatic rings. The van der Waals surface area contributed by atoms with Gasteiger partial charge in [-0.3, -0.25) is 0 Å². The van der Waals surface area contributed by atoms with Gasteiger partial charge in [0.25, 0.3) is 0 Å². The van der Waals surface area contributed by atoms with Crippen LogP contribution in [0.5, 0.6) is 0 Å². The maximum absolute atomic E-state index is 12.7. The first-order chi connectivity index (χ1) is 9.75. The standard InChI is InChI=1S/C13H18N2O4S2/c1-8-9(2)20-6-5-15(8)21(18,19)12-4-3-10(13(16)17)7-11(12)14/h3-4,7-9H,5-6,14H2,1-2H3,(H,16,17). The van der Waals surface area contributed by atoms with E-state index in [1.165, 1.54) is 22.5 Å². The van der Waals surface area contributed by atoms with Crippen molar-refractivity contribution in [1.82, 2.24) is 4.31 Å². The molecule has 1 aliphatic heterocycles. The zero-order valence-corrected chi connectivity index (χ0v) is 13.4. The molecule has 2 atom stereocenters. The second-order valence-electron chi connectivity index (χ2n) is 4.99. The normalized spacial score (nSPS) is 23.9. The summed E-state index contributed by atoms with van der Waals surface area (Å²) in [6.45, 7) is 4.29. The van der Waals surface area contributed by atoms with Crippen LogP contribution in [0, 0.1) is 0 Å². The molecule has 0 aromatic heterocycles. The second kappa shape index (κ2) is 5.86. The first kappa shape index (κ1) is 16.1. The quantitative estimate of drug-likeness (QED) is 0.814. The summed E-state index contributed by atoms with van der Waals surface area (Å²) in [6.07, 6.45) is 0. The van der Waals surface area contributed by atoms with E-state index >= 15 is 0 Å². The fourth-order valence-corrected chi connectivity index (χ4v) is 5.38. The van der Waals surface area contributed by atoms with E-state index in [2.05, 4.69) is 0 Å². The number of nitrogen functional groups attached to an aromatic ring is 1. The molecule has 3 N–H and O–H groups in total. The number of anilines is 1. The fourth-order valence-electron chi connectivity index (χ4n) is 2.29. The molecule has 1 aromatic carbocycles. The van der Waals surface area contributed by atoms with Crippen molar-refractivity contribution in [3.8, 4) is 0 Å². The van der Waals surface area contributed by atoms with E-state index in [1.54, 1.807) is 11.8 Å². The molecule has 0 saturated carbocycles. The molecule has 8 heteroatoms. The van der Waals surface area contributed by atoms with Gasteiger partial charge < -0.3 is 10.8 Å². The lowest BCUT2D eigenvalue weighted by Crippen LogP contribution is -2.47. The molecule has 0 spiro atoms. The Morgan fingerprint density at radius 2 is 2.10 bits per heavy atom. The predicted octanol–water partition coefficient (Wildman–Crippen LogP) is 1.48. The van der Waals surface area contributed by atoms with Crippen LogP contribution >= 0.6 is 11.8 Å². The summed E-state index contributed by atoms with van der Waals surface area (Å²) in [7, 11) is -3.72. The molecule has 2 unspecified atom stereocenters. The van der Waals surface area contributed by atoms with Gasteiger partial charge in [-0.2, -0.15) is 16.1 Å². The number of nitrogens with zero attached hydrogens (tertiary/aromatic N) is 1. The molecule has 0 aliphatic carbocycles. The van der Waals surface area contributed by atoms with Gasteiger partial charge in [0.05, 0.1) is 11.3 Å². The van der Waals surface area contributed by atoms with Crippen LogP contribution in [0.15, 0.2) is 23.1 Å². The lowest BCUT2D eigenvalue weighted by molar-refractivity contribution is 0.0697. The Kier molecular flexibility index (Phi) is 4.50. The van der Waals surface area contributed by atoms with Crippen LogP contribution < -0.4 is 5.73 Å². The predicted molar refractivity (Wildman–Crippen MR) is 83.1 cm³/mol. The zero-order chi connectivity index (χ0) is 15.8. The molecule has 1 aromatic rings. The highest BCUT2D eigenvalue weighted by atomic mass is 32.2. The third-order valence-electron chi connectivity index (χ3n) is 3.67. The summed E-state index contributed by atoms with van der Waals surface area (Å²) >= 11 is 1.74. The number of aromatic carboxylic acids is 1. The number of benzene rings is 1. The molecule has 1 fully saturated rings. The Balaban J connectivity index is 2.42. The number of hydrogen-bond acceptors (Lipinski definition) is 5. The van der Waals surface area contributed by atoms with Crippen molar-refractivity contribution in [3.63, 3.8) is 0 Å². The summed E-state index contributed by atoms with van der Waals surface area (Å²) in [5, 5.41) is 9.11. The summed E-state index contributed by atoms with van der Waals surface area (Å²) in [5.74, 6) is -0.403. The molecular weight excluding hydrogens is 312 g/mol. The first-order valence-electron chi connectivity index (χ1n) is 6.51. The maximum atomic E-state index is 12.7. The molecular formula is C13H18N2O4S2. The molecule has 1 heterocycles. The summed E-state index contributed by atoms with van der Waals surface area (Å²) in [4.78, 5) is 10.9. The maximum Gasteiger partial charge on any atom is 0.335 e. The second-order valence-corrected chi connectivity index (χ2v) is 8.33. The minimum absolute atomic E-state index is 0.0259. The van der Waals surface area contributed by atoms with Gasteiger partial charge in [0.1, 0.15) is 4.90 Å². The number of rotatable bonds is 3. The average molecular weight is 330 g/mol. The number of carboxylic acids is 1. The molecule has 116 valence electrons. The van der Waals surface area contributed by atoms with Crippen molar-refractivity contribution in [2.45, 2.75) is 30.0 Å². The SMILES string of the molecule is CC1SCCN(S(=O)(=O)c2ccc(C(=O)O)cc2N)C1C. The highest BCUT2D eigenvalue weighted by molar-refractivity contribution is 8.00. The summed E-state index contributed by atoms with van der Waals surface area (Å²) < 4.78 is 26.9. The van der Waals surface area contributed by atoms with Crippen LogP contribution in [0.25, 0.3) is 0 Å². The molecule has 2 rings (SSSR count). The van der Waals surface area contributed by atoms with Gasteiger partial charge >= 0.3 is 5.97 Å². The van der Waals surface area contributed by atoms with E-state index < -0.39 is 16.0 Å². The molecule has 6 nitrogen and oxygen atoms in total. The van der Waals surface area contributed by atoms with Crippen LogP contribution in [0.2, 0.25) is 0 Å². The van der Waals surface area contributed by atoms with Crippen molar-refractivity contribution in [2.24, 2.45) is 0 Å². The number of thioether (sulfide) groups is 1. The minimum Gasteiger partial charge on any atom is -0.478 e. The number of sulfonamides is 1. The van der Waals surface area contributed by atoms with Gasteiger partial charge in [-0.1, -0.05) is 6.92 Å². The Morgan fingerprint density at radius 1 is 1.43 bits per heavy atom. The van der Waals surface area contributed by atoms with Crippen molar-refractivity contribution in [3.05, 3.63) is 23.8 Å². The Bertz CT molecular complexity index is 660. The van der Waals surface area contributed by atoms with Crippen molar-refractivity contribution in [1.29, 1.82) is 0 Å². The third kappa shape index (κ3) is 3.02. The first-order valence-corrected chi connectivity index (χ1v) is 9.00. The minimum atomic E-state index is -3.72. The monoisotopic (exact) mass is 330 g/mol. The van der Waals surface area contributed by atoms with E-state index in [0.717, 1.165) is 5.75 Å². The highest BCUT2D eigenvalue weighted by Crippen LogP contribution is 2.31. The number of hydrogen-bond donors (Lipinski definition) is 2. The van der Waals surface area contributed by atoms with Crippen molar-refractivity contribution < 1.29 is 18.3 Å². The largest absolute Gasteiger partial charge is 0.478 e. The molecule has 1 saturated heterocycles. The Labute approximate surface area is 128 Å². The van der Waals surface area contributed by atoms with E-state index in [4.69, 9.17) is 10.8 Å². The lowest BCUT2D eigenvalue weighted by Gasteiger charge is -2.36. The van der Waals surface area contributed by atoms with Crippen molar-refractivity contribution in [2.75, 3.05) is 18.0 Å². The van der Waals surface area contributed by atoms with Crippen LogP contribution in [0.1, 0.15) is 24.2 Å². The summed E-state index contributed by atoms with van der Waals surface area (Å²) in [6, 6.07) is 3.58. The average Bonchev–Trinajstić information content (AvgIpc) is 2.41. The molecule has 0 amide bonds. The van der Waals surface area contributed by atoms with Crippen LogP contribution in [0.3, 0.4) is 0 Å². The van der Waals surface area contributed by atoms with Crippen molar-refractivity contribution >= 4 is 33.4 Å². The highest BCUT2D eigenvalue weighted by Gasteiger charge is 2.35. The number of carboxylic acid groups (broad SMARTS) is 1. The van der Waals surface area contributed by atoms with Gasteiger partial charge in [-0.05, 0) is 25.1 Å². The third-order valence-corrected chi connectivity index (χ3v) is 7.07. The Morgan fingerprint density at radius 3 is 2.67 bits per heavy atom. The number of nitrogens with two attached hydrogens (primary N) is 1. The molecule has 0 radical (unpaired) electrons. The van der Waals surface area contributed by atoms with Crippen LogP contribution in [-0.4, -0.2) is 47.4 Å². The van der Waals surface area contributed by atoms with E-state index in [9.17, 15) is 13.2 Å². The van der Waals surface area contributed by atoms with Gasteiger partial charge in [0.15, 0.2) is 0 Å². The van der Waals surface area contributed by atoms with E-state index in [0.29, 0.717) is 6.54 Å². The molecule has 21 heavy (non-hydrogen) atoms. The topological polar surface area (TPSA) is 101 Å². The molecule has 0 bridgehead atoms. The van der Waals surface area contributed by atoms with Gasteiger partial charge in [-0.25, -0.2) is 13.2 Å². The fraction of sp³-hybridized carbons (Fsp3) is 0.462. The van der Waals surface area contributed by atoms with Gasteiger partial charge in [0, 0.05) is 23.6 Å². The van der Waals surface area contributed by atoms with Gasteiger partial charge in [0.2, 0.25) is 10.0 Å². The summed E-state index contributed by atoms with van der Waals surface area (Å²) in [5.41, 5.74) is 5.70. The van der Waals surface area contributed by atoms with Crippen LogP contribution in [-0.2, 0) is 10.0 Å². The smallest absolute Gasteiger partial charge is 0.335 e. The lowest BCUT2D eigenvalue weighted by atomic mass is 10.2. The van der Waals surface area contributed by atoms with Gasteiger partial charge in [-0.15, -0.1) is 0 Å². The van der Waals surface area contributed by atoms with E-state index in [1.807, 2.05) is 13.8 Å². The number of carbonyl (C=O) groups is 1.